The predicted octanol–water partition coefficient (Wildman–Crippen LogP) is 1.83. The van der Waals surface area contributed by atoms with E-state index >= 15 is 0 Å². The van der Waals surface area contributed by atoms with E-state index in [1.807, 2.05) is 0 Å². The maximum absolute atomic E-state index is 12.6. The topological polar surface area (TPSA) is 113 Å². The molecule has 0 spiro atoms. The van der Waals surface area contributed by atoms with Gasteiger partial charge in [0.1, 0.15) is 21.9 Å². The highest BCUT2D eigenvalue weighted by Crippen LogP contribution is 2.36. The lowest BCUT2D eigenvalue weighted by Crippen LogP contribution is -2.45. The van der Waals surface area contributed by atoms with E-state index in [0.717, 1.165) is 16.7 Å². The fraction of sp³-hybridized carbons (Fsp3) is 0.250. The Morgan fingerprint density at radius 3 is 2.54 bits per heavy atom. The number of carbonyl (C=O) groups is 3. The van der Waals surface area contributed by atoms with Gasteiger partial charge < -0.3 is 19.7 Å². The number of thioether (sulfide) groups is 1. The molecule has 8 nitrogen and oxygen atoms in total. The molecule has 1 atom stereocenters. The van der Waals surface area contributed by atoms with Crippen molar-refractivity contribution in [3.05, 3.63) is 28.7 Å². The van der Waals surface area contributed by atoms with Gasteiger partial charge in [-0.25, -0.2) is 4.79 Å². The lowest BCUT2D eigenvalue weighted by atomic mass is 10.1. The fourth-order valence-corrected chi connectivity index (χ4v) is 3.64. The smallest absolute Gasteiger partial charge is 0.327 e. The summed E-state index contributed by atoms with van der Waals surface area (Å²) in [5.41, 5.74) is 0.539. The Bertz CT molecular complexity index is 806. The minimum absolute atomic E-state index is 0.0169. The van der Waals surface area contributed by atoms with Crippen LogP contribution in [0, 0.1) is 0 Å². The first-order valence-corrected chi connectivity index (χ1v) is 8.44. The number of aliphatic carboxylic acids is 2. The Balaban J connectivity index is 2.40. The normalized spacial score (nSPS) is 16.7. The van der Waals surface area contributed by atoms with Crippen molar-refractivity contribution in [2.45, 2.75) is 12.5 Å². The monoisotopic (exact) mass is 397 g/mol. The van der Waals surface area contributed by atoms with Gasteiger partial charge in [-0.05, 0) is 24.3 Å². The molecule has 1 aliphatic heterocycles. The van der Waals surface area contributed by atoms with E-state index in [4.69, 9.17) is 26.8 Å². The van der Waals surface area contributed by atoms with Gasteiger partial charge >= 0.3 is 11.9 Å². The average molecular weight is 397 g/mol. The van der Waals surface area contributed by atoms with E-state index in [-0.39, 0.29) is 9.23 Å². The van der Waals surface area contributed by atoms with Crippen molar-refractivity contribution in [2.24, 2.45) is 0 Å². The number of methoxy groups -OCH3 is 2. The lowest BCUT2D eigenvalue weighted by molar-refractivity contribution is -0.150. The molecule has 0 bridgehead atoms. The van der Waals surface area contributed by atoms with Crippen molar-refractivity contribution >= 4 is 52.2 Å². The molecular formula is C16H15NO7S2. The molecule has 138 valence electrons. The van der Waals surface area contributed by atoms with Gasteiger partial charge in [0.25, 0.3) is 5.91 Å². The molecule has 26 heavy (non-hydrogen) atoms. The van der Waals surface area contributed by atoms with E-state index in [1.165, 1.54) is 20.3 Å². The summed E-state index contributed by atoms with van der Waals surface area (Å²) in [5, 5.41) is 18.2. The van der Waals surface area contributed by atoms with Gasteiger partial charge in [-0.2, -0.15) is 0 Å². The van der Waals surface area contributed by atoms with Gasteiger partial charge in [0, 0.05) is 5.56 Å². The number of ether oxygens (including phenoxy) is 2. The van der Waals surface area contributed by atoms with Crippen molar-refractivity contribution in [3.8, 4) is 11.5 Å². The van der Waals surface area contributed by atoms with Gasteiger partial charge in [-0.15, -0.1) is 0 Å². The van der Waals surface area contributed by atoms with Crippen molar-refractivity contribution < 1.29 is 34.1 Å². The molecule has 0 aromatic heterocycles. The molecular weight excluding hydrogens is 382 g/mol. The summed E-state index contributed by atoms with van der Waals surface area (Å²) in [7, 11) is 2.96. The number of benzene rings is 1. The molecule has 10 heteroatoms. The second-order valence-corrected chi connectivity index (χ2v) is 6.79. The van der Waals surface area contributed by atoms with Crippen LogP contribution in [0.5, 0.6) is 11.5 Å². The predicted molar refractivity (Wildman–Crippen MR) is 98.2 cm³/mol. The molecule has 1 saturated heterocycles. The minimum Gasteiger partial charge on any atom is -0.497 e. The number of carboxylic acids is 2. The lowest BCUT2D eigenvalue weighted by Gasteiger charge is -2.21. The van der Waals surface area contributed by atoms with Crippen LogP contribution in [0.2, 0.25) is 0 Å². The van der Waals surface area contributed by atoms with E-state index < -0.39 is 30.3 Å². The summed E-state index contributed by atoms with van der Waals surface area (Å²) in [4.78, 5) is 35.9. The summed E-state index contributed by atoms with van der Waals surface area (Å²) in [5.74, 6) is -2.43. The highest BCUT2D eigenvalue weighted by atomic mass is 32.2. The number of carbonyl (C=O) groups excluding carboxylic acids is 1. The maximum atomic E-state index is 12.6. The van der Waals surface area contributed by atoms with Crippen LogP contribution >= 0.6 is 24.0 Å². The van der Waals surface area contributed by atoms with Crippen LogP contribution in [0.3, 0.4) is 0 Å². The average Bonchev–Trinajstić information content (AvgIpc) is 2.86. The van der Waals surface area contributed by atoms with Gasteiger partial charge in [0.2, 0.25) is 0 Å². The minimum atomic E-state index is -1.57. The van der Waals surface area contributed by atoms with Crippen LogP contribution in [0.25, 0.3) is 6.08 Å². The van der Waals surface area contributed by atoms with Gasteiger partial charge in [-0.1, -0.05) is 24.0 Å². The molecule has 0 radical (unpaired) electrons. The van der Waals surface area contributed by atoms with Crippen LogP contribution in [0.1, 0.15) is 12.0 Å². The third-order valence-corrected chi connectivity index (χ3v) is 4.84. The Labute approximate surface area is 158 Å². The Morgan fingerprint density at radius 1 is 1.31 bits per heavy atom. The van der Waals surface area contributed by atoms with Crippen LogP contribution < -0.4 is 9.47 Å². The molecule has 0 aliphatic carbocycles. The van der Waals surface area contributed by atoms with E-state index in [2.05, 4.69) is 0 Å². The summed E-state index contributed by atoms with van der Waals surface area (Å²) in [6.45, 7) is 0. The zero-order chi connectivity index (χ0) is 19.4. The summed E-state index contributed by atoms with van der Waals surface area (Å²) >= 11 is 5.98. The summed E-state index contributed by atoms with van der Waals surface area (Å²) in [6, 6.07) is 3.43. The number of hydrogen-bond donors (Lipinski definition) is 2. The Morgan fingerprint density at radius 2 is 2.00 bits per heavy atom. The number of hydrogen-bond acceptors (Lipinski definition) is 7. The fourth-order valence-electron chi connectivity index (χ4n) is 2.30. The van der Waals surface area contributed by atoms with Gasteiger partial charge in [-0.3, -0.25) is 14.5 Å². The van der Waals surface area contributed by atoms with Crippen LogP contribution in [0.4, 0.5) is 0 Å². The second-order valence-electron chi connectivity index (χ2n) is 5.11. The molecule has 1 aromatic carbocycles. The number of amides is 1. The third-order valence-electron chi connectivity index (χ3n) is 3.51. The maximum Gasteiger partial charge on any atom is 0.327 e. The molecule has 1 aliphatic rings. The molecule has 1 fully saturated rings. The summed E-state index contributed by atoms with van der Waals surface area (Å²) in [6.07, 6.45) is 0.748. The van der Waals surface area contributed by atoms with Crippen LogP contribution in [-0.2, 0) is 14.4 Å². The van der Waals surface area contributed by atoms with E-state index in [1.54, 1.807) is 18.2 Å². The van der Waals surface area contributed by atoms with Crippen molar-refractivity contribution in [1.29, 1.82) is 0 Å². The van der Waals surface area contributed by atoms with Crippen LogP contribution in [0.15, 0.2) is 23.1 Å². The summed E-state index contributed by atoms with van der Waals surface area (Å²) < 4.78 is 10.4. The highest BCUT2D eigenvalue weighted by molar-refractivity contribution is 8.26. The molecule has 0 unspecified atom stereocenters. The van der Waals surface area contributed by atoms with Gasteiger partial charge in [0.15, 0.2) is 0 Å². The quantitative estimate of drug-likeness (QED) is 0.525. The Hall–Kier alpha value is -2.59. The zero-order valence-corrected chi connectivity index (χ0v) is 15.4. The first-order valence-electron chi connectivity index (χ1n) is 7.22. The largest absolute Gasteiger partial charge is 0.497 e. The number of carboxylic acid groups (broad SMARTS) is 2. The van der Waals surface area contributed by atoms with Gasteiger partial charge in [0.05, 0.1) is 25.5 Å². The van der Waals surface area contributed by atoms with Crippen molar-refractivity contribution in [1.82, 2.24) is 4.90 Å². The molecule has 1 aromatic rings. The molecule has 2 N–H and O–H groups in total. The van der Waals surface area contributed by atoms with E-state index in [9.17, 15) is 19.5 Å². The Kier molecular flexibility index (Phi) is 6.22. The van der Waals surface area contributed by atoms with Crippen LogP contribution in [-0.4, -0.2) is 57.5 Å². The number of rotatable bonds is 7. The zero-order valence-electron chi connectivity index (χ0n) is 13.8. The third kappa shape index (κ3) is 4.14. The first-order chi connectivity index (χ1) is 12.3. The molecule has 2 rings (SSSR count). The number of nitrogens with zero attached hydrogens (tertiary/aromatic N) is 1. The van der Waals surface area contributed by atoms with Crippen molar-refractivity contribution in [2.75, 3.05) is 14.2 Å². The standard InChI is InChI=1S/C16H15NO7S2/c1-23-9-3-4-11(24-2)8(5-9)6-12-14(20)17(16(25)26-12)10(15(21)22)7-13(18)19/h3-6,10H,7H2,1-2H3,(H,18,19)(H,21,22)/b12-6+/t10-/m0/s1. The second kappa shape index (κ2) is 8.19. The highest BCUT2D eigenvalue weighted by Gasteiger charge is 2.41. The van der Waals surface area contributed by atoms with Crippen molar-refractivity contribution in [3.63, 3.8) is 0 Å². The number of thiocarbonyl (C=S) groups is 1. The molecule has 1 amide bonds. The van der Waals surface area contributed by atoms with E-state index in [0.29, 0.717) is 17.1 Å². The first kappa shape index (κ1) is 19.7. The molecule has 0 saturated carbocycles. The SMILES string of the molecule is COc1ccc(OC)c(/C=C2/SC(=S)N([C@@H](CC(=O)O)C(=O)O)C2=O)c1. The molecule has 1 heterocycles.